The second-order valence-corrected chi connectivity index (χ2v) is 14.0. The maximum Gasteiger partial charge on any atom is 0.229 e. The van der Waals surface area contributed by atoms with Gasteiger partial charge < -0.3 is 18.9 Å². The number of rotatable bonds is 13. The third-order valence-corrected chi connectivity index (χ3v) is 10.6. The number of carbonyl (C=O) groups excluding carboxylic acids is 1. The van der Waals surface area contributed by atoms with Gasteiger partial charge in [-0.15, -0.1) is 0 Å². The Morgan fingerprint density at radius 2 is 1.74 bits per heavy atom. The minimum atomic E-state index is -0.118. The summed E-state index contributed by atoms with van der Waals surface area (Å²) in [6.07, 6.45) is 18.0. The summed E-state index contributed by atoms with van der Waals surface area (Å²) in [5.41, 5.74) is 5.89. The molecule has 1 amide bonds. The molecule has 2 bridgehead atoms. The van der Waals surface area contributed by atoms with Crippen LogP contribution >= 0.6 is 0 Å². The Morgan fingerprint density at radius 3 is 2.55 bits per heavy atom. The summed E-state index contributed by atoms with van der Waals surface area (Å²) in [7, 11) is 2.09. The normalized spacial score (nSPS) is 21.9. The highest BCUT2D eigenvalue weighted by molar-refractivity contribution is 6.08. The van der Waals surface area contributed by atoms with E-state index in [0.717, 1.165) is 55.2 Å². The molecule has 4 fully saturated rings. The first-order valence-electron chi connectivity index (χ1n) is 17.1. The Bertz CT molecular complexity index is 1900. The third kappa shape index (κ3) is 5.71. The molecule has 47 heavy (non-hydrogen) atoms. The van der Waals surface area contributed by atoms with E-state index < -0.39 is 0 Å². The summed E-state index contributed by atoms with van der Waals surface area (Å²) < 4.78 is 14.1. The van der Waals surface area contributed by atoms with Gasteiger partial charge in [-0.1, -0.05) is 61.0 Å². The van der Waals surface area contributed by atoms with Crippen LogP contribution in [-0.4, -0.2) is 51.1 Å². The van der Waals surface area contributed by atoms with Crippen molar-refractivity contribution in [3.8, 4) is 17.0 Å². The van der Waals surface area contributed by atoms with Crippen LogP contribution in [0.2, 0.25) is 0 Å². The highest BCUT2D eigenvalue weighted by Crippen LogP contribution is 2.74. The molecule has 0 unspecified atom stereocenters. The number of carbonyl (C=O) groups is 1. The number of pyridine rings is 2. The molecule has 0 radical (unpaired) electrons. The molecular weight excluding hydrogens is 584 g/mol. The lowest BCUT2D eigenvalue weighted by Gasteiger charge is -2.69. The van der Waals surface area contributed by atoms with Crippen molar-refractivity contribution >= 4 is 27.7 Å². The van der Waals surface area contributed by atoms with Crippen LogP contribution in [0, 0.1) is 10.8 Å². The number of nitrogens with zero attached hydrogens (tertiary/aromatic N) is 4. The molecule has 4 heterocycles. The van der Waals surface area contributed by atoms with Crippen molar-refractivity contribution in [3.05, 3.63) is 103 Å². The highest BCUT2D eigenvalue weighted by atomic mass is 16.5. The zero-order valence-corrected chi connectivity index (χ0v) is 27.1. The van der Waals surface area contributed by atoms with Crippen molar-refractivity contribution in [2.45, 2.75) is 57.7 Å². The largest absolute Gasteiger partial charge is 0.471 e. The predicted octanol–water partition coefficient (Wildman–Crippen LogP) is 7.88. The number of benzene rings is 2. The van der Waals surface area contributed by atoms with Crippen molar-refractivity contribution in [1.29, 1.82) is 0 Å². The lowest BCUT2D eigenvalue weighted by Crippen LogP contribution is -2.70. The predicted molar refractivity (Wildman–Crippen MR) is 185 cm³/mol. The first-order chi connectivity index (χ1) is 23.0. The average molecular weight is 627 g/mol. The molecule has 0 atom stereocenters. The van der Waals surface area contributed by atoms with Gasteiger partial charge in [0.2, 0.25) is 11.8 Å². The number of amides is 1. The molecule has 1 aliphatic heterocycles. The lowest BCUT2D eigenvalue weighted by molar-refractivity contribution is -0.205. The maximum absolute atomic E-state index is 13.3. The van der Waals surface area contributed by atoms with Crippen LogP contribution in [0.15, 0.2) is 97.5 Å². The minimum absolute atomic E-state index is 0.00278. The first-order valence-corrected chi connectivity index (χ1v) is 17.1. The number of unbranched alkanes of at least 4 members (excludes halogenated alkanes) is 3. The molecule has 3 aliphatic carbocycles. The van der Waals surface area contributed by atoms with Gasteiger partial charge >= 0.3 is 0 Å². The molecule has 5 aromatic rings. The van der Waals surface area contributed by atoms with E-state index in [9.17, 15) is 4.79 Å². The van der Waals surface area contributed by atoms with E-state index in [4.69, 9.17) is 9.47 Å². The van der Waals surface area contributed by atoms with Gasteiger partial charge in [0, 0.05) is 60.2 Å². The van der Waals surface area contributed by atoms with Crippen LogP contribution < -0.4 is 4.74 Å². The van der Waals surface area contributed by atoms with Crippen LogP contribution in [0.25, 0.3) is 32.9 Å². The number of aryl methyl sites for hydroxylation is 1. The van der Waals surface area contributed by atoms with E-state index in [2.05, 4.69) is 88.3 Å². The summed E-state index contributed by atoms with van der Waals surface area (Å²) in [6, 6.07) is 22.9. The minimum Gasteiger partial charge on any atom is -0.471 e. The summed E-state index contributed by atoms with van der Waals surface area (Å²) in [4.78, 5) is 24.2. The molecule has 240 valence electrons. The molecule has 0 spiro atoms. The highest BCUT2D eigenvalue weighted by Gasteiger charge is 2.71. The molecule has 0 N–H and O–H groups in total. The Kier molecular flexibility index (Phi) is 7.80. The van der Waals surface area contributed by atoms with E-state index in [1.165, 1.54) is 34.8 Å². The number of likely N-dealkylation sites (tertiary alicyclic amines) is 1. The van der Waals surface area contributed by atoms with Gasteiger partial charge in [0.1, 0.15) is 6.10 Å². The van der Waals surface area contributed by atoms with E-state index >= 15 is 0 Å². The van der Waals surface area contributed by atoms with Crippen LogP contribution in [0.5, 0.6) is 5.88 Å². The van der Waals surface area contributed by atoms with E-state index in [1.807, 2.05) is 35.6 Å². The maximum atomic E-state index is 13.3. The molecule has 9 rings (SSSR count). The number of ether oxygens (including phenoxy) is 2. The quantitative estimate of drug-likeness (QED) is 0.0983. The van der Waals surface area contributed by atoms with Gasteiger partial charge in [0.05, 0.1) is 30.6 Å². The Balaban J connectivity index is 0.746. The summed E-state index contributed by atoms with van der Waals surface area (Å²) in [5, 5.41) is 2.36. The second kappa shape index (κ2) is 12.3. The number of hydrogen-bond acceptors (Lipinski definition) is 5. The smallest absolute Gasteiger partial charge is 0.229 e. The summed E-state index contributed by atoms with van der Waals surface area (Å²) in [5.74, 6) is 0.933. The Labute approximate surface area is 276 Å². The van der Waals surface area contributed by atoms with Crippen molar-refractivity contribution < 1.29 is 14.3 Å². The van der Waals surface area contributed by atoms with Gasteiger partial charge in [-0.25, -0.2) is 4.98 Å². The lowest BCUT2D eigenvalue weighted by atomic mass is 9.34. The average Bonchev–Trinajstić information content (AvgIpc) is 3.33. The SMILES string of the molecule is Cn1c2ccncc2c2ccc(-c3ccc(OC4CN(C(=O)C56CC(/C=C/CCCCCOCc7ccccc7)(C5)C6)C4)nc3)cc21. The van der Waals surface area contributed by atoms with Gasteiger partial charge in [-0.3, -0.25) is 9.78 Å². The van der Waals surface area contributed by atoms with Gasteiger partial charge in [-0.2, -0.15) is 0 Å². The van der Waals surface area contributed by atoms with Crippen molar-refractivity contribution in [3.63, 3.8) is 0 Å². The van der Waals surface area contributed by atoms with Crippen molar-refractivity contribution in [2.75, 3.05) is 19.7 Å². The van der Waals surface area contributed by atoms with Crippen LogP contribution in [0.4, 0.5) is 0 Å². The number of allylic oxidation sites excluding steroid dienone is 2. The first kappa shape index (κ1) is 29.9. The zero-order chi connectivity index (χ0) is 31.8. The van der Waals surface area contributed by atoms with E-state index in [1.54, 1.807) is 0 Å². The number of aromatic nitrogens is 3. The molecule has 1 saturated heterocycles. The van der Waals surface area contributed by atoms with Crippen LogP contribution in [-0.2, 0) is 23.2 Å². The molecular formula is C40H42N4O3. The fourth-order valence-electron chi connectivity index (χ4n) is 8.05. The van der Waals surface area contributed by atoms with E-state index in [0.29, 0.717) is 31.5 Å². The number of hydrogen-bond donors (Lipinski definition) is 0. The summed E-state index contributed by atoms with van der Waals surface area (Å²) >= 11 is 0. The monoisotopic (exact) mass is 626 g/mol. The Hall–Kier alpha value is -4.49. The Morgan fingerprint density at radius 1 is 0.915 bits per heavy atom. The molecule has 2 aromatic carbocycles. The van der Waals surface area contributed by atoms with E-state index in [-0.39, 0.29) is 16.9 Å². The standard InChI is InChI=1S/C40H42N4O3/c1-43-35-16-18-41-22-34(35)33-14-12-30(20-36(33)43)31-13-15-37(42-21-31)47-32-23-44(24-32)38(45)40-26-39(27-40,28-40)17-8-3-2-4-9-19-46-25-29-10-6-5-7-11-29/h5-8,10-18,20-22,32H,2-4,9,19,23-28H2,1H3/b17-8+. The third-order valence-electron chi connectivity index (χ3n) is 10.6. The molecule has 4 aliphatic rings. The van der Waals surface area contributed by atoms with Crippen LogP contribution in [0.3, 0.4) is 0 Å². The van der Waals surface area contributed by atoms with Gasteiger partial charge in [0.15, 0.2) is 0 Å². The van der Waals surface area contributed by atoms with Crippen molar-refractivity contribution in [2.24, 2.45) is 17.9 Å². The van der Waals surface area contributed by atoms with Crippen molar-refractivity contribution in [1.82, 2.24) is 19.4 Å². The summed E-state index contributed by atoms with van der Waals surface area (Å²) in [6.45, 7) is 2.81. The topological polar surface area (TPSA) is 69.5 Å². The molecule has 3 saturated carbocycles. The zero-order valence-electron chi connectivity index (χ0n) is 27.1. The fourth-order valence-corrected chi connectivity index (χ4v) is 8.05. The second-order valence-electron chi connectivity index (χ2n) is 14.0. The fraction of sp³-hybridized carbons (Fsp3) is 0.375. The number of fused-ring (bicyclic) bond motifs is 3. The van der Waals surface area contributed by atoms with Gasteiger partial charge in [-0.05, 0) is 73.3 Å². The molecule has 3 aromatic heterocycles. The van der Waals surface area contributed by atoms with Gasteiger partial charge in [0.25, 0.3) is 0 Å². The molecule has 7 heteroatoms. The molecule has 7 nitrogen and oxygen atoms in total. The van der Waals surface area contributed by atoms with Crippen LogP contribution in [0.1, 0.15) is 50.5 Å².